The number of rotatable bonds is 5. The van der Waals surface area contributed by atoms with Crippen LogP contribution in [-0.4, -0.2) is 42.8 Å². The highest BCUT2D eigenvalue weighted by Crippen LogP contribution is 2.13. The zero-order valence-electron chi connectivity index (χ0n) is 12.3. The number of nitrogens with one attached hydrogen (secondary N) is 1. The maximum Gasteiger partial charge on any atom is 0.227 e. The number of hydrogen-bond donors (Lipinski definition) is 1. The molecule has 116 valence electrons. The van der Waals surface area contributed by atoms with Crippen LogP contribution in [0.4, 0.5) is 16.2 Å². The molecule has 0 unspecified atom stereocenters. The third-order valence-corrected chi connectivity index (χ3v) is 3.60. The van der Waals surface area contributed by atoms with Crippen LogP contribution in [0.25, 0.3) is 0 Å². The Hall–Kier alpha value is -2.21. The lowest BCUT2D eigenvalue weighted by Gasteiger charge is -2.26. The minimum Gasteiger partial charge on any atom is -0.378 e. The largest absolute Gasteiger partial charge is 0.378 e. The van der Waals surface area contributed by atoms with Crippen molar-refractivity contribution in [2.24, 2.45) is 0 Å². The summed E-state index contributed by atoms with van der Waals surface area (Å²) >= 11 is 0. The molecule has 0 aliphatic carbocycles. The van der Waals surface area contributed by atoms with Crippen LogP contribution in [0, 0.1) is 5.82 Å². The van der Waals surface area contributed by atoms with Crippen molar-refractivity contribution in [1.29, 1.82) is 0 Å². The van der Waals surface area contributed by atoms with E-state index in [-0.39, 0.29) is 5.82 Å². The average Bonchev–Trinajstić information content (AvgIpc) is 2.58. The lowest BCUT2D eigenvalue weighted by atomic mass is 10.1. The number of benzene rings is 1. The monoisotopic (exact) mass is 302 g/mol. The Morgan fingerprint density at radius 3 is 2.82 bits per heavy atom. The van der Waals surface area contributed by atoms with Gasteiger partial charge >= 0.3 is 0 Å². The number of anilines is 2. The second kappa shape index (κ2) is 7.17. The average molecular weight is 302 g/mol. The standard InChI is InChI=1S/C16H19FN4O/c17-14-4-2-1-3-13(14)5-7-18-15-6-8-19-16(20-15)21-9-11-22-12-10-21/h1-4,6,8H,5,7,9-12H2,(H,18,19,20). The molecule has 1 saturated heterocycles. The van der Waals surface area contributed by atoms with Crippen LogP contribution in [0.2, 0.25) is 0 Å². The number of aromatic nitrogens is 2. The lowest BCUT2D eigenvalue weighted by Crippen LogP contribution is -2.37. The fourth-order valence-corrected chi connectivity index (χ4v) is 2.39. The highest BCUT2D eigenvalue weighted by atomic mass is 19.1. The summed E-state index contributed by atoms with van der Waals surface area (Å²) in [4.78, 5) is 10.9. The van der Waals surface area contributed by atoms with Crippen LogP contribution < -0.4 is 10.2 Å². The number of ether oxygens (including phenoxy) is 1. The minimum atomic E-state index is -0.166. The smallest absolute Gasteiger partial charge is 0.227 e. The Morgan fingerprint density at radius 2 is 2.00 bits per heavy atom. The molecule has 6 heteroatoms. The first-order chi connectivity index (χ1) is 10.8. The van der Waals surface area contributed by atoms with Crippen LogP contribution in [0.3, 0.4) is 0 Å². The van der Waals surface area contributed by atoms with Gasteiger partial charge in [0.25, 0.3) is 0 Å². The number of hydrogen-bond acceptors (Lipinski definition) is 5. The Kier molecular flexibility index (Phi) is 4.80. The Bertz CT molecular complexity index is 617. The van der Waals surface area contributed by atoms with Gasteiger partial charge in [-0.3, -0.25) is 0 Å². The summed E-state index contributed by atoms with van der Waals surface area (Å²) in [5.41, 5.74) is 0.706. The molecule has 1 aromatic heterocycles. The molecule has 2 aromatic rings. The normalized spacial score (nSPS) is 14.9. The van der Waals surface area contributed by atoms with Gasteiger partial charge in [0, 0.05) is 25.8 Å². The van der Waals surface area contributed by atoms with E-state index >= 15 is 0 Å². The molecule has 3 rings (SSSR count). The fraction of sp³-hybridized carbons (Fsp3) is 0.375. The SMILES string of the molecule is Fc1ccccc1CCNc1ccnc(N2CCOCC2)n1. The predicted octanol–water partition coefficient (Wildman–Crippen LogP) is 2.11. The van der Waals surface area contributed by atoms with E-state index < -0.39 is 0 Å². The summed E-state index contributed by atoms with van der Waals surface area (Å²) in [6, 6.07) is 8.66. The molecule has 1 aliphatic heterocycles. The summed E-state index contributed by atoms with van der Waals surface area (Å²) in [5, 5.41) is 3.22. The van der Waals surface area contributed by atoms with Gasteiger partial charge in [-0.25, -0.2) is 9.37 Å². The van der Waals surface area contributed by atoms with Crippen molar-refractivity contribution in [2.45, 2.75) is 6.42 Å². The molecule has 0 bridgehead atoms. The molecule has 1 N–H and O–H groups in total. The van der Waals surface area contributed by atoms with E-state index in [9.17, 15) is 4.39 Å². The van der Waals surface area contributed by atoms with Crippen molar-refractivity contribution in [2.75, 3.05) is 43.1 Å². The summed E-state index contributed by atoms with van der Waals surface area (Å²) in [6.45, 7) is 3.64. The third-order valence-electron chi connectivity index (χ3n) is 3.60. The fourth-order valence-electron chi connectivity index (χ4n) is 2.39. The Balaban J connectivity index is 1.57. The van der Waals surface area contributed by atoms with E-state index in [1.165, 1.54) is 6.07 Å². The maximum atomic E-state index is 13.6. The first-order valence-corrected chi connectivity index (χ1v) is 7.46. The highest BCUT2D eigenvalue weighted by molar-refractivity contribution is 5.41. The first kappa shape index (κ1) is 14.7. The van der Waals surface area contributed by atoms with Gasteiger partial charge in [-0.1, -0.05) is 18.2 Å². The van der Waals surface area contributed by atoms with Gasteiger partial charge in [-0.05, 0) is 24.1 Å². The Morgan fingerprint density at radius 1 is 1.18 bits per heavy atom. The first-order valence-electron chi connectivity index (χ1n) is 7.46. The zero-order chi connectivity index (χ0) is 15.2. The Labute approximate surface area is 129 Å². The quantitative estimate of drug-likeness (QED) is 0.916. The van der Waals surface area contributed by atoms with E-state index in [2.05, 4.69) is 20.2 Å². The second-order valence-electron chi connectivity index (χ2n) is 5.11. The third kappa shape index (κ3) is 3.71. The van der Waals surface area contributed by atoms with E-state index in [0.29, 0.717) is 37.7 Å². The molecule has 1 aliphatic rings. The molecule has 2 heterocycles. The lowest BCUT2D eigenvalue weighted by molar-refractivity contribution is 0.122. The molecule has 0 spiro atoms. The van der Waals surface area contributed by atoms with E-state index in [4.69, 9.17) is 4.74 Å². The molecule has 0 saturated carbocycles. The molecule has 1 aromatic carbocycles. The summed E-state index contributed by atoms with van der Waals surface area (Å²) < 4.78 is 18.9. The van der Waals surface area contributed by atoms with Gasteiger partial charge < -0.3 is 15.0 Å². The molecular weight excluding hydrogens is 283 g/mol. The van der Waals surface area contributed by atoms with Crippen LogP contribution >= 0.6 is 0 Å². The maximum absolute atomic E-state index is 13.6. The van der Waals surface area contributed by atoms with Crippen LogP contribution in [-0.2, 0) is 11.2 Å². The molecule has 0 atom stereocenters. The molecule has 5 nitrogen and oxygen atoms in total. The molecule has 0 amide bonds. The van der Waals surface area contributed by atoms with E-state index in [1.807, 2.05) is 12.1 Å². The van der Waals surface area contributed by atoms with Crippen molar-refractivity contribution < 1.29 is 9.13 Å². The van der Waals surface area contributed by atoms with Crippen molar-refractivity contribution in [1.82, 2.24) is 9.97 Å². The summed E-state index contributed by atoms with van der Waals surface area (Å²) in [6.07, 6.45) is 2.35. The number of halogens is 1. The van der Waals surface area contributed by atoms with Crippen LogP contribution in [0.5, 0.6) is 0 Å². The van der Waals surface area contributed by atoms with Crippen LogP contribution in [0.1, 0.15) is 5.56 Å². The van der Waals surface area contributed by atoms with E-state index in [1.54, 1.807) is 18.3 Å². The second-order valence-corrected chi connectivity index (χ2v) is 5.11. The number of morpholine rings is 1. The van der Waals surface area contributed by atoms with Gasteiger partial charge in [-0.2, -0.15) is 4.98 Å². The van der Waals surface area contributed by atoms with Crippen molar-refractivity contribution in [3.8, 4) is 0 Å². The van der Waals surface area contributed by atoms with Gasteiger partial charge in [0.15, 0.2) is 0 Å². The van der Waals surface area contributed by atoms with Crippen molar-refractivity contribution in [3.05, 3.63) is 47.9 Å². The molecule has 22 heavy (non-hydrogen) atoms. The van der Waals surface area contributed by atoms with Gasteiger partial charge in [-0.15, -0.1) is 0 Å². The molecule has 1 fully saturated rings. The van der Waals surface area contributed by atoms with Crippen molar-refractivity contribution in [3.63, 3.8) is 0 Å². The zero-order valence-corrected chi connectivity index (χ0v) is 12.3. The summed E-state index contributed by atoms with van der Waals surface area (Å²) in [7, 11) is 0. The molecular formula is C16H19FN4O. The summed E-state index contributed by atoms with van der Waals surface area (Å²) in [5.74, 6) is 1.30. The van der Waals surface area contributed by atoms with Crippen LogP contribution in [0.15, 0.2) is 36.5 Å². The van der Waals surface area contributed by atoms with Crippen molar-refractivity contribution >= 4 is 11.8 Å². The molecule has 0 radical (unpaired) electrons. The predicted molar refractivity (Wildman–Crippen MR) is 83.7 cm³/mol. The number of nitrogens with zero attached hydrogens (tertiary/aromatic N) is 3. The van der Waals surface area contributed by atoms with Gasteiger partial charge in [0.05, 0.1) is 13.2 Å². The minimum absolute atomic E-state index is 0.166. The topological polar surface area (TPSA) is 50.3 Å². The van der Waals surface area contributed by atoms with Gasteiger partial charge in [0.2, 0.25) is 5.95 Å². The van der Waals surface area contributed by atoms with Gasteiger partial charge in [0.1, 0.15) is 11.6 Å². The van der Waals surface area contributed by atoms with E-state index in [0.717, 1.165) is 18.9 Å². The highest BCUT2D eigenvalue weighted by Gasteiger charge is 2.13.